The van der Waals surface area contributed by atoms with Crippen LogP contribution in [0.1, 0.15) is 59.8 Å². The fourth-order valence-electron chi connectivity index (χ4n) is 3.49. The van der Waals surface area contributed by atoms with E-state index in [-0.39, 0.29) is 0 Å². The van der Waals surface area contributed by atoms with E-state index in [0.29, 0.717) is 0 Å². The highest BCUT2D eigenvalue weighted by Gasteiger charge is 2.29. The summed E-state index contributed by atoms with van der Waals surface area (Å²) < 4.78 is 0. The van der Waals surface area contributed by atoms with Crippen molar-refractivity contribution in [3.05, 3.63) is 0 Å². The van der Waals surface area contributed by atoms with Gasteiger partial charge in [0.1, 0.15) is 0 Å². The van der Waals surface area contributed by atoms with E-state index < -0.39 is 0 Å². The Labute approximate surface area is 115 Å². The Hall–Kier alpha value is -0.0800. The van der Waals surface area contributed by atoms with Gasteiger partial charge in [0, 0.05) is 12.6 Å². The van der Waals surface area contributed by atoms with E-state index in [1.807, 2.05) is 0 Å². The summed E-state index contributed by atoms with van der Waals surface area (Å²) in [5.41, 5.74) is 0. The number of hydrogen-bond donors (Lipinski definition) is 1. The quantitative estimate of drug-likeness (QED) is 0.713. The summed E-state index contributed by atoms with van der Waals surface area (Å²) in [5, 5.41) is 3.72. The zero-order chi connectivity index (χ0) is 13.4. The van der Waals surface area contributed by atoms with Gasteiger partial charge in [-0.2, -0.15) is 0 Å². The molecule has 0 aromatic rings. The van der Waals surface area contributed by atoms with Crippen LogP contribution < -0.4 is 5.32 Å². The standard InChI is InChI=1S/C16H34N2/c1-5-10-18(11-6-2)13-15-12-14(4)8-9-16(15)17-7-3/h14-17H,5-13H2,1-4H3. The summed E-state index contributed by atoms with van der Waals surface area (Å²) in [4.78, 5) is 2.69. The van der Waals surface area contributed by atoms with Gasteiger partial charge in [0.25, 0.3) is 0 Å². The lowest BCUT2D eigenvalue weighted by Crippen LogP contribution is -2.45. The molecule has 2 nitrogen and oxygen atoms in total. The van der Waals surface area contributed by atoms with E-state index in [0.717, 1.165) is 24.4 Å². The zero-order valence-electron chi connectivity index (χ0n) is 13.0. The summed E-state index contributed by atoms with van der Waals surface area (Å²) >= 11 is 0. The van der Waals surface area contributed by atoms with Crippen molar-refractivity contribution >= 4 is 0 Å². The molecule has 3 unspecified atom stereocenters. The normalized spacial score (nSPS) is 28.8. The van der Waals surface area contributed by atoms with Crippen LogP contribution in [0.25, 0.3) is 0 Å². The van der Waals surface area contributed by atoms with Crippen molar-refractivity contribution in [2.24, 2.45) is 11.8 Å². The third-order valence-corrected chi connectivity index (χ3v) is 4.28. The highest BCUT2D eigenvalue weighted by molar-refractivity contribution is 4.85. The van der Waals surface area contributed by atoms with Gasteiger partial charge in [0.15, 0.2) is 0 Å². The second kappa shape index (κ2) is 8.92. The number of nitrogens with zero attached hydrogens (tertiary/aromatic N) is 1. The average molecular weight is 254 g/mol. The summed E-state index contributed by atoms with van der Waals surface area (Å²) in [7, 11) is 0. The lowest BCUT2D eigenvalue weighted by molar-refractivity contribution is 0.145. The van der Waals surface area contributed by atoms with Crippen molar-refractivity contribution in [2.75, 3.05) is 26.2 Å². The maximum atomic E-state index is 3.72. The van der Waals surface area contributed by atoms with Crippen LogP contribution in [-0.2, 0) is 0 Å². The molecule has 1 saturated carbocycles. The molecule has 1 fully saturated rings. The fraction of sp³-hybridized carbons (Fsp3) is 1.00. The van der Waals surface area contributed by atoms with Crippen LogP contribution in [0.5, 0.6) is 0 Å². The molecular weight excluding hydrogens is 220 g/mol. The summed E-state index contributed by atoms with van der Waals surface area (Å²) in [6.07, 6.45) is 6.78. The van der Waals surface area contributed by atoms with Crippen LogP contribution in [0.3, 0.4) is 0 Å². The smallest absolute Gasteiger partial charge is 0.0108 e. The molecule has 0 radical (unpaired) electrons. The second-order valence-electron chi connectivity index (χ2n) is 6.14. The molecule has 1 rings (SSSR count). The van der Waals surface area contributed by atoms with Crippen molar-refractivity contribution in [3.63, 3.8) is 0 Å². The Morgan fingerprint density at radius 3 is 2.28 bits per heavy atom. The largest absolute Gasteiger partial charge is 0.314 e. The minimum absolute atomic E-state index is 0.766. The summed E-state index contributed by atoms with van der Waals surface area (Å²) in [6.45, 7) is 14.3. The van der Waals surface area contributed by atoms with E-state index in [4.69, 9.17) is 0 Å². The van der Waals surface area contributed by atoms with Crippen LogP contribution in [0.15, 0.2) is 0 Å². The molecule has 0 bridgehead atoms. The molecule has 1 aliphatic rings. The maximum Gasteiger partial charge on any atom is 0.0108 e. The lowest BCUT2D eigenvalue weighted by Gasteiger charge is -2.38. The summed E-state index contributed by atoms with van der Waals surface area (Å²) in [5.74, 6) is 1.79. The Bertz CT molecular complexity index is 199. The number of hydrogen-bond acceptors (Lipinski definition) is 2. The number of nitrogens with one attached hydrogen (secondary N) is 1. The number of rotatable bonds is 8. The van der Waals surface area contributed by atoms with Gasteiger partial charge in [-0.05, 0) is 63.6 Å². The van der Waals surface area contributed by atoms with Crippen molar-refractivity contribution in [3.8, 4) is 0 Å². The lowest BCUT2D eigenvalue weighted by atomic mass is 9.78. The molecule has 3 atom stereocenters. The van der Waals surface area contributed by atoms with Crippen LogP contribution in [-0.4, -0.2) is 37.1 Å². The maximum absolute atomic E-state index is 3.72. The third kappa shape index (κ3) is 5.27. The van der Waals surface area contributed by atoms with Crippen LogP contribution in [0.2, 0.25) is 0 Å². The van der Waals surface area contributed by atoms with E-state index >= 15 is 0 Å². The van der Waals surface area contributed by atoms with Gasteiger partial charge in [-0.3, -0.25) is 0 Å². The van der Waals surface area contributed by atoms with E-state index in [2.05, 4.69) is 37.9 Å². The molecular formula is C16H34N2. The molecule has 0 amide bonds. The molecule has 2 heteroatoms. The third-order valence-electron chi connectivity index (χ3n) is 4.28. The SMILES string of the molecule is CCCN(CCC)CC1CC(C)CCC1NCC. The van der Waals surface area contributed by atoms with Gasteiger partial charge in [-0.15, -0.1) is 0 Å². The molecule has 0 heterocycles. The van der Waals surface area contributed by atoms with Crippen molar-refractivity contribution < 1.29 is 0 Å². The Morgan fingerprint density at radius 1 is 1.06 bits per heavy atom. The van der Waals surface area contributed by atoms with Gasteiger partial charge in [-0.1, -0.05) is 27.7 Å². The Balaban J connectivity index is 2.51. The van der Waals surface area contributed by atoms with Crippen LogP contribution in [0.4, 0.5) is 0 Å². The molecule has 0 aromatic heterocycles. The molecule has 1 N–H and O–H groups in total. The summed E-state index contributed by atoms with van der Waals surface area (Å²) in [6, 6.07) is 0.766. The Morgan fingerprint density at radius 2 is 1.72 bits per heavy atom. The van der Waals surface area contributed by atoms with Gasteiger partial charge in [0.05, 0.1) is 0 Å². The first kappa shape index (κ1) is 16.0. The highest BCUT2D eigenvalue weighted by atomic mass is 15.1. The van der Waals surface area contributed by atoms with Crippen LogP contribution >= 0.6 is 0 Å². The van der Waals surface area contributed by atoms with Crippen molar-refractivity contribution in [1.82, 2.24) is 10.2 Å². The van der Waals surface area contributed by atoms with Gasteiger partial charge in [0.2, 0.25) is 0 Å². The molecule has 1 aliphatic carbocycles. The van der Waals surface area contributed by atoms with E-state index in [1.54, 1.807) is 0 Å². The topological polar surface area (TPSA) is 15.3 Å². The van der Waals surface area contributed by atoms with Crippen LogP contribution in [0, 0.1) is 11.8 Å². The predicted octanol–water partition coefficient (Wildman–Crippen LogP) is 3.52. The Kier molecular flexibility index (Phi) is 7.92. The minimum atomic E-state index is 0.766. The van der Waals surface area contributed by atoms with Crippen molar-refractivity contribution in [1.29, 1.82) is 0 Å². The van der Waals surface area contributed by atoms with E-state index in [1.165, 1.54) is 51.7 Å². The molecule has 0 aliphatic heterocycles. The monoisotopic (exact) mass is 254 g/mol. The first-order chi connectivity index (χ1) is 8.71. The fourth-order valence-corrected chi connectivity index (χ4v) is 3.49. The predicted molar refractivity (Wildman–Crippen MR) is 81.0 cm³/mol. The van der Waals surface area contributed by atoms with Gasteiger partial charge in [-0.25, -0.2) is 0 Å². The minimum Gasteiger partial charge on any atom is -0.314 e. The van der Waals surface area contributed by atoms with Crippen molar-refractivity contribution in [2.45, 2.75) is 65.8 Å². The van der Waals surface area contributed by atoms with Gasteiger partial charge >= 0.3 is 0 Å². The zero-order valence-corrected chi connectivity index (χ0v) is 13.0. The highest BCUT2D eigenvalue weighted by Crippen LogP contribution is 2.29. The second-order valence-corrected chi connectivity index (χ2v) is 6.14. The van der Waals surface area contributed by atoms with Gasteiger partial charge < -0.3 is 10.2 Å². The first-order valence-corrected chi connectivity index (χ1v) is 8.16. The van der Waals surface area contributed by atoms with E-state index in [9.17, 15) is 0 Å². The molecule has 108 valence electrons. The first-order valence-electron chi connectivity index (χ1n) is 8.16. The molecule has 18 heavy (non-hydrogen) atoms. The molecule has 0 saturated heterocycles. The molecule has 0 aromatic carbocycles. The average Bonchev–Trinajstić information content (AvgIpc) is 2.33. The molecule has 0 spiro atoms.